The molecule has 2 aliphatic rings. The Hall–Kier alpha value is -0.0800. The van der Waals surface area contributed by atoms with Crippen molar-refractivity contribution >= 4 is 0 Å². The first-order valence-electron chi connectivity index (χ1n) is 6.61. The van der Waals surface area contributed by atoms with Crippen molar-refractivity contribution in [2.45, 2.75) is 64.1 Å². The lowest BCUT2D eigenvalue weighted by atomic mass is 9.98. The zero-order valence-electron chi connectivity index (χ0n) is 10.5. The van der Waals surface area contributed by atoms with E-state index in [0.717, 1.165) is 24.0 Å². The number of nitrogens with one attached hydrogen (secondary N) is 1. The predicted octanol–water partition coefficient (Wildman–Crippen LogP) is 2.25. The molecule has 4 unspecified atom stereocenters. The molecule has 0 amide bonds. The van der Waals surface area contributed by atoms with Crippen molar-refractivity contribution in [3.63, 3.8) is 0 Å². The van der Waals surface area contributed by atoms with Crippen molar-refractivity contribution in [2.24, 2.45) is 5.92 Å². The van der Waals surface area contributed by atoms with Crippen molar-refractivity contribution in [1.29, 1.82) is 0 Å². The second-order valence-electron chi connectivity index (χ2n) is 5.83. The Kier molecular flexibility index (Phi) is 3.68. The molecule has 0 aromatic rings. The second kappa shape index (κ2) is 4.84. The highest BCUT2D eigenvalue weighted by Crippen LogP contribution is 2.26. The Morgan fingerprint density at radius 2 is 1.73 bits per heavy atom. The Balaban J connectivity index is 1.75. The number of piperidine rings is 1. The van der Waals surface area contributed by atoms with Gasteiger partial charge in [0.25, 0.3) is 0 Å². The van der Waals surface area contributed by atoms with Gasteiger partial charge in [-0.25, -0.2) is 0 Å². The summed E-state index contributed by atoms with van der Waals surface area (Å²) in [6, 6.07) is 2.36. The first-order chi connectivity index (χ1) is 7.15. The van der Waals surface area contributed by atoms with Crippen LogP contribution < -0.4 is 5.32 Å². The van der Waals surface area contributed by atoms with Gasteiger partial charge >= 0.3 is 0 Å². The van der Waals surface area contributed by atoms with E-state index >= 15 is 0 Å². The average Bonchev–Trinajstić information content (AvgIpc) is 2.58. The Morgan fingerprint density at radius 1 is 1.00 bits per heavy atom. The van der Waals surface area contributed by atoms with Gasteiger partial charge in [0, 0.05) is 18.1 Å². The monoisotopic (exact) mass is 210 g/mol. The Labute approximate surface area is 94.4 Å². The molecule has 88 valence electrons. The molecule has 2 rings (SSSR count). The topological polar surface area (TPSA) is 15.3 Å². The normalized spacial score (nSPS) is 43.4. The zero-order valence-corrected chi connectivity index (χ0v) is 10.5. The lowest BCUT2D eigenvalue weighted by Gasteiger charge is -2.36. The minimum atomic E-state index is 0.759. The number of likely N-dealkylation sites (tertiary alicyclic amines) is 1. The van der Waals surface area contributed by atoms with E-state index in [0.29, 0.717) is 0 Å². The summed E-state index contributed by atoms with van der Waals surface area (Å²) < 4.78 is 0. The van der Waals surface area contributed by atoms with Crippen LogP contribution >= 0.6 is 0 Å². The van der Waals surface area contributed by atoms with Gasteiger partial charge in [0.1, 0.15) is 0 Å². The fourth-order valence-corrected chi connectivity index (χ4v) is 3.13. The van der Waals surface area contributed by atoms with E-state index in [1.807, 2.05) is 0 Å². The summed E-state index contributed by atoms with van der Waals surface area (Å²) in [5, 5.41) is 3.87. The molecule has 0 aromatic heterocycles. The maximum Gasteiger partial charge on any atom is 0.00966 e. The van der Waals surface area contributed by atoms with Crippen molar-refractivity contribution in [3.8, 4) is 0 Å². The van der Waals surface area contributed by atoms with Crippen LogP contribution in [0.25, 0.3) is 0 Å². The van der Waals surface area contributed by atoms with Crippen LogP contribution in [0.5, 0.6) is 0 Å². The summed E-state index contributed by atoms with van der Waals surface area (Å²) in [6.07, 6.45) is 6.91. The molecule has 15 heavy (non-hydrogen) atoms. The van der Waals surface area contributed by atoms with Crippen LogP contribution in [-0.4, -0.2) is 36.6 Å². The van der Waals surface area contributed by atoms with Gasteiger partial charge in [-0.3, -0.25) is 0 Å². The SMILES string of the molecule is CC1CCC(NC2CCN(C)C(C)C2)C1. The fraction of sp³-hybridized carbons (Fsp3) is 1.00. The Bertz CT molecular complexity index is 205. The van der Waals surface area contributed by atoms with E-state index in [4.69, 9.17) is 0 Å². The maximum absolute atomic E-state index is 3.87. The third-order valence-corrected chi connectivity index (χ3v) is 4.37. The van der Waals surface area contributed by atoms with E-state index in [1.165, 1.54) is 38.6 Å². The van der Waals surface area contributed by atoms with Crippen LogP contribution in [0.4, 0.5) is 0 Å². The molecule has 1 aliphatic heterocycles. The number of hydrogen-bond acceptors (Lipinski definition) is 2. The quantitative estimate of drug-likeness (QED) is 0.752. The number of nitrogens with zero attached hydrogens (tertiary/aromatic N) is 1. The first-order valence-corrected chi connectivity index (χ1v) is 6.61. The van der Waals surface area contributed by atoms with Crippen LogP contribution in [0.15, 0.2) is 0 Å². The Morgan fingerprint density at radius 3 is 2.33 bits per heavy atom. The second-order valence-corrected chi connectivity index (χ2v) is 5.83. The van der Waals surface area contributed by atoms with Crippen LogP contribution in [0.3, 0.4) is 0 Å². The van der Waals surface area contributed by atoms with Crippen molar-refractivity contribution in [1.82, 2.24) is 10.2 Å². The van der Waals surface area contributed by atoms with E-state index in [-0.39, 0.29) is 0 Å². The molecule has 0 radical (unpaired) electrons. The minimum Gasteiger partial charge on any atom is -0.311 e. The van der Waals surface area contributed by atoms with Crippen LogP contribution in [0, 0.1) is 5.92 Å². The van der Waals surface area contributed by atoms with Gasteiger partial charge in [0.05, 0.1) is 0 Å². The summed E-state index contributed by atoms with van der Waals surface area (Å²) in [5.74, 6) is 0.950. The molecule has 2 nitrogen and oxygen atoms in total. The molecule has 0 aromatic carbocycles. The van der Waals surface area contributed by atoms with Gasteiger partial charge in [-0.2, -0.15) is 0 Å². The van der Waals surface area contributed by atoms with Crippen molar-refractivity contribution in [3.05, 3.63) is 0 Å². The largest absolute Gasteiger partial charge is 0.311 e. The predicted molar refractivity (Wildman–Crippen MR) is 65.1 cm³/mol. The molecule has 0 spiro atoms. The van der Waals surface area contributed by atoms with Gasteiger partial charge in [-0.15, -0.1) is 0 Å². The lowest BCUT2D eigenvalue weighted by Crippen LogP contribution is -2.48. The average molecular weight is 210 g/mol. The van der Waals surface area contributed by atoms with Gasteiger partial charge < -0.3 is 10.2 Å². The number of hydrogen-bond donors (Lipinski definition) is 1. The van der Waals surface area contributed by atoms with Gasteiger partial charge in [-0.1, -0.05) is 6.92 Å². The smallest absolute Gasteiger partial charge is 0.00966 e. The summed E-state index contributed by atoms with van der Waals surface area (Å²) in [5.41, 5.74) is 0. The molecule has 1 aliphatic carbocycles. The standard InChI is InChI=1S/C13H26N2/c1-10-4-5-12(8-10)14-13-6-7-15(3)11(2)9-13/h10-14H,4-9H2,1-3H3. The highest BCUT2D eigenvalue weighted by Gasteiger charge is 2.27. The third kappa shape index (κ3) is 2.94. The van der Waals surface area contributed by atoms with Crippen LogP contribution in [0.2, 0.25) is 0 Å². The van der Waals surface area contributed by atoms with E-state index in [1.54, 1.807) is 0 Å². The summed E-state index contributed by atoms with van der Waals surface area (Å²) >= 11 is 0. The summed E-state index contributed by atoms with van der Waals surface area (Å²) in [4.78, 5) is 2.48. The molecule has 1 saturated heterocycles. The molecule has 0 bridgehead atoms. The van der Waals surface area contributed by atoms with Crippen molar-refractivity contribution < 1.29 is 0 Å². The highest BCUT2D eigenvalue weighted by molar-refractivity contribution is 4.86. The summed E-state index contributed by atoms with van der Waals surface area (Å²) in [7, 11) is 2.25. The first kappa shape index (κ1) is 11.4. The molecule has 1 heterocycles. The van der Waals surface area contributed by atoms with Crippen LogP contribution in [0.1, 0.15) is 46.0 Å². The van der Waals surface area contributed by atoms with E-state index in [9.17, 15) is 0 Å². The molecule has 1 saturated carbocycles. The molecule has 2 fully saturated rings. The van der Waals surface area contributed by atoms with Gasteiger partial charge in [-0.05, 0) is 58.5 Å². The van der Waals surface area contributed by atoms with E-state index < -0.39 is 0 Å². The lowest BCUT2D eigenvalue weighted by molar-refractivity contribution is 0.162. The molecule has 1 N–H and O–H groups in total. The third-order valence-electron chi connectivity index (χ3n) is 4.37. The fourth-order valence-electron chi connectivity index (χ4n) is 3.13. The van der Waals surface area contributed by atoms with Gasteiger partial charge in [0.2, 0.25) is 0 Å². The number of rotatable bonds is 2. The molecular formula is C13H26N2. The molecule has 2 heteroatoms. The molecule has 4 atom stereocenters. The molecular weight excluding hydrogens is 184 g/mol. The van der Waals surface area contributed by atoms with Crippen molar-refractivity contribution in [2.75, 3.05) is 13.6 Å². The summed E-state index contributed by atoms with van der Waals surface area (Å²) in [6.45, 7) is 6.01. The highest BCUT2D eigenvalue weighted by atomic mass is 15.1. The maximum atomic E-state index is 3.87. The van der Waals surface area contributed by atoms with E-state index in [2.05, 4.69) is 31.1 Å². The minimum absolute atomic E-state index is 0.759. The van der Waals surface area contributed by atoms with Gasteiger partial charge in [0.15, 0.2) is 0 Å². The van der Waals surface area contributed by atoms with Crippen LogP contribution in [-0.2, 0) is 0 Å². The zero-order chi connectivity index (χ0) is 10.8.